The van der Waals surface area contributed by atoms with Crippen LogP contribution in [0.15, 0.2) is 42.5 Å². The van der Waals surface area contributed by atoms with Crippen molar-refractivity contribution in [1.82, 2.24) is 10.2 Å². The number of carbonyl (C=O) groups excluding carboxylic acids is 1. The zero-order chi connectivity index (χ0) is 26.3. The van der Waals surface area contributed by atoms with Gasteiger partial charge in [-0.15, -0.1) is 0 Å². The Morgan fingerprint density at radius 2 is 1.83 bits per heavy atom. The standard InChI is InChI=1S/C27H35F3N2O4/c1-18(2)13-31-26(33)21-10-20(17-36-23-7-5-6-22(12-23)27(28,29)30)15-32(16-21)14-19-8-9-24(34-3)25(11-19)35-4/h5-9,11-12,18,20-21H,10,13-17H2,1-4H3,(H,31,33)/t20-,21+/m0/s1. The van der Waals surface area contributed by atoms with Crippen LogP contribution in [0, 0.1) is 17.8 Å². The summed E-state index contributed by atoms with van der Waals surface area (Å²) in [6.07, 6.45) is -3.83. The summed E-state index contributed by atoms with van der Waals surface area (Å²) in [6, 6.07) is 10.6. The monoisotopic (exact) mass is 508 g/mol. The normalized spacial score (nSPS) is 18.7. The van der Waals surface area contributed by atoms with Gasteiger partial charge >= 0.3 is 6.18 Å². The second kappa shape index (κ2) is 12.3. The van der Waals surface area contributed by atoms with Crippen LogP contribution in [0.5, 0.6) is 17.2 Å². The third kappa shape index (κ3) is 7.78. The number of amides is 1. The van der Waals surface area contributed by atoms with Crippen LogP contribution in [-0.2, 0) is 17.5 Å². The Hall–Kier alpha value is -2.94. The number of likely N-dealkylation sites (tertiary alicyclic amines) is 1. The third-order valence-electron chi connectivity index (χ3n) is 6.17. The Morgan fingerprint density at radius 3 is 2.50 bits per heavy atom. The summed E-state index contributed by atoms with van der Waals surface area (Å²) in [6.45, 7) is 6.72. The van der Waals surface area contributed by atoms with Gasteiger partial charge in [0, 0.05) is 32.1 Å². The van der Waals surface area contributed by atoms with Gasteiger partial charge in [-0.3, -0.25) is 9.69 Å². The molecule has 0 bridgehead atoms. The molecule has 0 aromatic heterocycles. The van der Waals surface area contributed by atoms with Crippen molar-refractivity contribution in [2.45, 2.75) is 33.0 Å². The molecule has 36 heavy (non-hydrogen) atoms. The van der Waals surface area contributed by atoms with Gasteiger partial charge in [0.1, 0.15) is 5.75 Å². The number of piperidine rings is 1. The van der Waals surface area contributed by atoms with E-state index < -0.39 is 11.7 Å². The fourth-order valence-electron chi connectivity index (χ4n) is 4.41. The van der Waals surface area contributed by atoms with Gasteiger partial charge in [-0.05, 0) is 48.2 Å². The van der Waals surface area contributed by atoms with E-state index in [0.29, 0.717) is 50.0 Å². The molecule has 0 spiro atoms. The van der Waals surface area contributed by atoms with E-state index in [-0.39, 0.29) is 30.1 Å². The van der Waals surface area contributed by atoms with E-state index in [0.717, 1.165) is 17.7 Å². The molecular weight excluding hydrogens is 473 g/mol. The van der Waals surface area contributed by atoms with Crippen LogP contribution in [0.4, 0.5) is 13.2 Å². The molecule has 3 rings (SSSR count). The summed E-state index contributed by atoms with van der Waals surface area (Å²) >= 11 is 0. The van der Waals surface area contributed by atoms with E-state index >= 15 is 0 Å². The summed E-state index contributed by atoms with van der Waals surface area (Å²) in [5.41, 5.74) is 0.262. The van der Waals surface area contributed by atoms with Gasteiger partial charge in [0.15, 0.2) is 11.5 Å². The van der Waals surface area contributed by atoms with Crippen LogP contribution in [0.1, 0.15) is 31.4 Å². The van der Waals surface area contributed by atoms with Crippen molar-refractivity contribution in [1.29, 1.82) is 0 Å². The molecule has 2 aromatic carbocycles. The number of rotatable bonds is 10. The fraction of sp³-hybridized carbons (Fsp3) is 0.519. The minimum Gasteiger partial charge on any atom is -0.493 e. The molecule has 1 amide bonds. The van der Waals surface area contributed by atoms with E-state index in [1.807, 2.05) is 32.0 Å². The maximum absolute atomic E-state index is 13.1. The van der Waals surface area contributed by atoms with Crippen LogP contribution >= 0.6 is 0 Å². The number of hydrogen-bond acceptors (Lipinski definition) is 5. The molecule has 1 N–H and O–H groups in total. The molecule has 198 valence electrons. The third-order valence-corrected chi connectivity index (χ3v) is 6.17. The smallest absolute Gasteiger partial charge is 0.416 e. The number of benzene rings is 2. The van der Waals surface area contributed by atoms with Crippen LogP contribution in [0.2, 0.25) is 0 Å². The first-order valence-electron chi connectivity index (χ1n) is 12.1. The predicted molar refractivity (Wildman–Crippen MR) is 131 cm³/mol. The van der Waals surface area contributed by atoms with Crippen molar-refractivity contribution >= 4 is 5.91 Å². The van der Waals surface area contributed by atoms with Crippen molar-refractivity contribution in [3.8, 4) is 17.2 Å². The highest BCUT2D eigenvalue weighted by molar-refractivity contribution is 5.79. The number of halogens is 3. The number of alkyl halides is 3. The molecule has 1 heterocycles. The Morgan fingerprint density at radius 1 is 1.08 bits per heavy atom. The minimum absolute atomic E-state index is 0.00946. The SMILES string of the molecule is COc1ccc(CN2C[C@@H](COc3cccc(C(F)(F)F)c3)C[C@@H](C(=O)NCC(C)C)C2)cc1OC. The van der Waals surface area contributed by atoms with Crippen molar-refractivity contribution in [2.75, 3.05) is 40.5 Å². The predicted octanol–water partition coefficient (Wildman–Crippen LogP) is 5.01. The van der Waals surface area contributed by atoms with E-state index in [4.69, 9.17) is 14.2 Å². The summed E-state index contributed by atoms with van der Waals surface area (Å²) in [5.74, 6) is 1.49. The largest absolute Gasteiger partial charge is 0.493 e. The molecule has 1 aliphatic rings. The molecule has 0 aliphatic carbocycles. The molecule has 0 radical (unpaired) electrons. The molecule has 1 saturated heterocycles. The van der Waals surface area contributed by atoms with Gasteiger partial charge in [0.2, 0.25) is 5.91 Å². The quantitative estimate of drug-likeness (QED) is 0.489. The zero-order valence-electron chi connectivity index (χ0n) is 21.2. The number of carbonyl (C=O) groups is 1. The molecule has 0 unspecified atom stereocenters. The number of methoxy groups -OCH3 is 2. The van der Waals surface area contributed by atoms with Crippen molar-refractivity contribution < 1.29 is 32.2 Å². The average Bonchev–Trinajstić information content (AvgIpc) is 2.85. The van der Waals surface area contributed by atoms with Crippen LogP contribution in [0.3, 0.4) is 0 Å². The van der Waals surface area contributed by atoms with Crippen molar-refractivity contribution in [3.05, 3.63) is 53.6 Å². The van der Waals surface area contributed by atoms with Crippen molar-refractivity contribution in [3.63, 3.8) is 0 Å². The maximum Gasteiger partial charge on any atom is 0.416 e. The summed E-state index contributed by atoms with van der Waals surface area (Å²) in [4.78, 5) is 15.1. The Bertz CT molecular complexity index is 1010. The van der Waals surface area contributed by atoms with Crippen LogP contribution < -0.4 is 19.5 Å². The van der Waals surface area contributed by atoms with E-state index in [1.54, 1.807) is 14.2 Å². The molecular formula is C27H35F3N2O4. The minimum atomic E-state index is -4.43. The number of nitrogens with zero attached hydrogens (tertiary/aromatic N) is 1. The Balaban J connectivity index is 1.72. The zero-order valence-corrected chi connectivity index (χ0v) is 21.2. The highest BCUT2D eigenvalue weighted by Gasteiger charge is 2.33. The lowest BCUT2D eigenvalue weighted by molar-refractivity contribution is -0.137. The molecule has 2 atom stereocenters. The van der Waals surface area contributed by atoms with E-state index in [2.05, 4.69) is 10.2 Å². The van der Waals surface area contributed by atoms with Crippen LogP contribution in [-0.4, -0.2) is 51.3 Å². The first-order chi connectivity index (χ1) is 17.1. The van der Waals surface area contributed by atoms with Gasteiger partial charge in [0.05, 0.1) is 32.3 Å². The molecule has 6 nitrogen and oxygen atoms in total. The first kappa shape index (κ1) is 27.6. The van der Waals surface area contributed by atoms with Gasteiger partial charge in [-0.1, -0.05) is 26.0 Å². The lowest BCUT2D eigenvalue weighted by Gasteiger charge is -2.37. The van der Waals surface area contributed by atoms with Crippen molar-refractivity contribution in [2.24, 2.45) is 17.8 Å². The summed E-state index contributed by atoms with van der Waals surface area (Å²) < 4.78 is 55.7. The molecule has 2 aromatic rings. The molecule has 0 saturated carbocycles. The van der Waals surface area contributed by atoms with Gasteiger partial charge < -0.3 is 19.5 Å². The average molecular weight is 509 g/mol. The number of hydrogen-bond donors (Lipinski definition) is 1. The Kier molecular flexibility index (Phi) is 9.48. The van der Waals surface area contributed by atoms with Gasteiger partial charge in [-0.25, -0.2) is 0 Å². The maximum atomic E-state index is 13.1. The molecule has 9 heteroatoms. The summed E-state index contributed by atoms with van der Waals surface area (Å²) in [7, 11) is 3.16. The topological polar surface area (TPSA) is 60.0 Å². The second-order valence-electron chi connectivity index (χ2n) is 9.66. The van der Waals surface area contributed by atoms with Gasteiger partial charge in [-0.2, -0.15) is 13.2 Å². The molecule has 1 fully saturated rings. The van der Waals surface area contributed by atoms with Crippen LogP contribution in [0.25, 0.3) is 0 Å². The lowest BCUT2D eigenvalue weighted by atomic mass is 9.88. The fourth-order valence-corrected chi connectivity index (χ4v) is 4.41. The van der Waals surface area contributed by atoms with Gasteiger partial charge in [0.25, 0.3) is 0 Å². The Labute approximate surface area is 210 Å². The second-order valence-corrected chi connectivity index (χ2v) is 9.66. The number of ether oxygens (including phenoxy) is 3. The first-order valence-corrected chi connectivity index (χ1v) is 12.1. The lowest BCUT2D eigenvalue weighted by Crippen LogP contribution is -2.47. The van der Waals surface area contributed by atoms with E-state index in [9.17, 15) is 18.0 Å². The number of nitrogens with one attached hydrogen (secondary N) is 1. The highest BCUT2D eigenvalue weighted by atomic mass is 19.4. The highest BCUT2D eigenvalue weighted by Crippen LogP contribution is 2.32. The molecule has 1 aliphatic heterocycles. The summed E-state index contributed by atoms with van der Waals surface area (Å²) in [5, 5.41) is 3.02. The van der Waals surface area contributed by atoms with E-state index in [1.165, 1.54) is 12.1 Å².